The normalized spacial score (nSPS) is 15.4. The van der Waals surface area contributed by atoms with Crippen molar-refractivity contribution in [2.75, 3.05) is 23.4 Å². The molecule has 1 heterocycles. The van der Waals surface area contributed by atoms with Crippen molar-refractivity contribution in [2.24, 2.45) is 5.92 Å². The highest BCUT2D eigenvalue weighted by Gasteiger charge is 2.36. The number of para-hydroxylation sites is 2. The topological polar surface area (TPSA) is 67.9 Å². The summed E-state index contributed by atoms with van der Waals surface area (Å²) < 4.78 is 11.6. The van der Waals surface area contributed by atoms with E-state index in [0.717, 1.165) is 5.75 Å². The Morgan fingerprint density at radius 2 is 1.73 bits per heavy atom. The van der Waals surface area contributed by atoms with Crippen molar-refractivity contribution >= 4 is 23.2 Å². The smallest absolute Gasteiger partial charge is 0.229 e. The zero-order valence-electron chi connectivity index (χ0n) is 19.1. The highest BCUT2D eigenvalue weighted by molar-refractivity contribution is 6.04. The van der Waals surface area contributed by atoms with E-state index in [9.17, 15) is 9.59 Å². The molecule has 0 radical (unpaired) electrons. The second kappa shape index (κ2) is 9.77. The van der Waals surface area contributed by atoms with Crippen molar-refractivity contribution in [3.63, 3.8) is 0 Å². The third-order valence-electron chi connectivity index (χ3n) is 5.79. The standard InChI is InChI=1S/C27H28N2O4/c1-4-32-25-8-6-5-7-24(25)29-17-20(16-26(29)30)27(31)28-21-10-13-22(14-11-21)33-23-12-9-18(2)19(3)15-23/h5-15,20H,4,16-17H2,1-3H3,(H,28,31)/t20-/m0/s1. The van der Waals surface area contributed by atoms with Crippen LogP contribution in [0.4, 0.5) is 11.4 Å². The van der Waals surface area contributed by atoms with E-state index < -0.39 is 5.92 Å². The zero-order valence-corrected chi connectivity index (χ0v) is 19.1. The van der Waals surface area contributed by atoms with Crippen LogP contribution >= 0.6 is 0 Å². The fourth-order valence-electron chi connectivity index (χ4n) is 3.84. The molecule has 0 aromatic heterocycles. The van der Waals surface area contributed by atoms with E-state index >= 15 is 0 Å². The summed E-state index contributed by atoms with van der Waals surface area (Å²) in [7, 11) is 0. The lowest BCUT2D eigenvalue weighted by Gasteiger charge is -2.20. The first-order valence-corrected chi connectivity index (χ1v) is 11.1. The number of carbonyl (C=O) groups is 2. The summed E-state index contributed by atoms with van der Waals surface area (Å²) in [5.74, 6) is 1.41. The molecule has 0 spiro atoms. The molecule has 0 unspecified atom stereocenters. The number of aryl methyl sites for hydroxylation is 2. The van der Waals surface area contributed by atoms with Gasteiger partial charge in [-0.1, -0.05) is 18.2 Å². The fraction of sp³-hybridized carbons (Fsp3) is 0.259. The summed E-state index contributed by atoms with van der Waals surface area (Å²) in [6.07, 6.45) is 0.167. The van der Waals surface area contributed by atoms with Crippen LogP contribution in [-0.4, -0.2) is 25.0 Å². The van der Waals surface area contributed by atoms with Gasteiger partial charge in [-0.3, -0.25) is 9.59 Å². The Bertz CT molecular complexity index is 1160. The number of nitrogens with zero attached hydrogens (tertiary/aromatic N) is 1. The minimum absolute atomic E-state index is 0.0838. The molecular weight excluding hydrogens is 416 g/mol. The number of anilines is 2. The molecule has 4 rings (SSSR count). The number of hydrogen-bond acceptors (Lipinski definition) is 4. The number of rotatable bonds is 7. The van der Waals surface area contributed by atoms with Gasteiger partial charge in [0, 0.05) is 18.7 Å². The minimum Gasteiger partial charge on any atom is -0.492 e. The molecule has 6 nitrogen and oxygen atoms in total. The Morgan fingerprint density at radius 1 is 1.00 bits per heavy atom. The first kappa shape index (κ1) is 22.4. The Morgan fingerprint density at radius 3 is 2.45 bits per heavy atom. The number of amides is 2. The quantitative estimate of drug-likeness (QED) is 0.524. The molecule has 33 heavy (non-hydrogen) atoms. The molecule has 0 saturated carbocycles. The molecule has 1 saturated heterocycles. The SMILES string of the molecule is CCOc1ccccc1N1C[C@@H](C(=O)Nc2ccc(Oc3ccc(C)c(C)c3)cc2)CC1=O. The fourth-order valence-corrected chi connectivity index (χ4v) is 3.84. The van der Waals surface area contributed by atoms with Gasteiger partial charge in [0.15, 0.2) is 0 Å². The Hall–Kier alpha value is -3.80. The average molecular weight is 445 g/mol. The predicted octanol–water partition coefficient (Wildman–Crippen LogP) is 5.49. The number of ether oxygens (including phenoxy) is 2. The van der Waals surface area contributed by atoms with E-state index in [1.165, 1.54) is 11.1 Å². The monoisotopic (exact) mass is 444 g/mol. The van der Waals surface area contributed by atoms with E-state index in [4.69, 9.17) is 9.47 Å². The number of benzene rings is 3. The van der Waals surface area contributed by atoms with E-state index in [1.54, 1.807) is 17.0 Å². The second-order valence-electron chi connectivity index (χ2n) is 8.17. The van der Waals surface area contributed by atoms with Gasteiger partial charge < -0.3 is 19.7 Å². The molecule has 6 heteroatoms. The van der Waals surface area contributed by atoms with Crippen LogP contribution in [0.15, 0.2) is 66.7 Å². The molecule has 1 aliphatic heterocycles. The lowest BCUT2D eigenvalue weighted by molar-refractivity contribution is -0.122. The van der Waals surface area contributed by atoms with Crippen molar-refractivity contribution < 1.29 is 19.1 Å². The Labute approximate surface area is 194 Å². The van der Waals surface area contributed by atoms with E-state index in [2.05, 4.69) is 12.2 Å². The summed E-state index contributed by atoms with van der Waals surface area (Å²) in [6, 6.07) is 20.6. The highest BCUT2D eigenvalue weighted by Crippen LogP contribution is 2.33. The van der Waals surface area contributed by atoms with Crippen molar-refractivity contribution in [3.05, 3.63) is 77.9 Å². The van der Waals surface area contributed by atoms with Crippen LogP contribution in [0.2, 0.25) is 0 Å². The molecule has 3 aromatic rings. The molecular formula is C27H28N2O4. The van der Waals surface area contributed by atoms with Gasteiger partial charge in [-0.2, -0.15) is 0 Å². The van der Waals surface area contributed by atoms with E-state index in [-0.39, 0.29) is 18.2 Å². The predicted molar refractivity (Wildman–Crippen MR) is 129 cm³/mol. The molecule has 1 aliphatic rings. The molecule has 1 atom stereocenters. The van der Waals surface area contributed by atoms with Gasteiger partial charge in [0.05, 0.1) is 18.2 Å². The van der Waals surface area contributed by atoms with Crippen LogP contribution < -0.4 is 19.7 Å². The van der Waals surface area contributed by atoms with Gasteiger partial charge in [0.1, 0.15) is 17.2 Å². The van der Waals surface area contributed by atoms with Crippen molar-refractivity contribution in [2.45, 2.75) is 27.2 Å². The first-order chi connectivity index (χ1) is 15.9. The van der Waals surface area contributed by atoms with Crippen LogP contribution in [-0.2, 0) is 9.59 Å². The van der Waals surface area contributed by atoms with Gasteiger partial charge in [0.25, 0.3) is 0 Å². The average Bonchev–Trinajstić information content (AvgIpc) is 3.20. The molecule has 0 bridgehead atoms. The van der Waals surface area contributed by atoms with Crippen molar-refractivity contribution in [3.8, 4) is 17.2 Å². The van der Waals surface area contributed by atoms with Crippen molar-refractivity contribution in [1.82, 2.24) is 0 Å². The van der Waals surface area contributed by atoms with E-state index in [1.807, 2.05) is 68.4 Å². The molecule has 3 aromatic carbocycles. The summed E-state index contributed by atoms with van der Waals surface area (Å²) in [5.41, 5.74) is 3.74. The Balaban J connectivity index is 1.38. The molecule has 0 aliphatic carbocycles. The zero-order chi connectivity index (χ0) is 23.4. The van der Waals surface area contributed by atoms with Crippen LogP contribution in [0.5, 0.6) is 17.2 Å². The molecule has 1 N–H and O–H groups in total. The summed E-state index contributed by atoms with van der Waals surface area (Å²) in [6.45, 7) is 6.84. The Kier molecular flexibility index (Phi) is 6.63. The van der Waals surface area contributed by atoms with Gasteiger partial charge in [-0.05, 0) is 80.4 Å². The lowest BCUT2D eigenvalue weighted by atomic mass is 10.1. The first-order valence-electron chi connectivity index (χ1n) is 11.1. The maximum atomic E-state index is 12.8. The van der Waals surface area contributed by atoms with Gasteiger partial charge >= 0.3 is 0 Å². The minimum atomic E-state index is -0.432. The third-order valence-corrected chi connectivity index (χ3v) is 5.79. The summed E-state index contributed by atoms with van der Waals surface area (Å²) >= 11 is 0. The number of nitrogens with one attached hydrogen (secondary N) is 1. The largest absolute Gasteiger partial charge is 0.492 e. The van der Waals surface area contributed by atoms with Crippen LogP contribution in [0.1, 0.15) is 24.5 Å². The maximum absolute atomic E-state index is 12.8. The molecule has 170 valence electrons. The van der Waals surface area contributed by atoms with E-state index in [0.29, 0.717) is 36.0 Å². The van der Waals surface area contributed by atoms with Gasteiger partial charge in [-0.25, -0.2) is 0 Å². The summed E-state index contributed by atoms with van der Waals surface area (Å²) in [4.78, 5) is 27.1. The number of carbonyl (C=O) groups excluding carboxylic acids is 2. The molecule has 1 fully saturated rings. The van der Waals surface area contributed by atoms with Gasteiger partial charge in [-0.15, -0.1) is 0 Å². The highest BCUT2D eigenvalue weighted by atomic mass is 16.5. The number of hydrogen-bond donors (Lipinski definition) is 1. The molecule has 2 amide bonds. The van der Waals surface area contributed by atoms with Crippen LogP contribution in [0.3, 0.4) is 0 Å². The maximum Gasteiger partial charge on any atom is 0.229 e. The van der Waals surface area contributed by atoms with Gasteiger partial charge in [0.2, 0.25) is 11.8 Å². The van der Waals surface area contributed by atoms with Crippen LogP contribution in [0.25, 0.3) is 0 Å². The third kappa shape index (κ3) is 5.17. The lowest BCUT2D eigenvalue weighted by Crippen LogP contribution is -2.28. The van der Waals surface area contributed by atoms with Crippen LogP contribution in [0, 0.1) is 19.8 Å². The second-order valence-corrected chi connectivity index (χ2v) is 8.17. The van der Waals surface area contributed by atoms with Crippen molar-refractivity contribution in [1.29, 1.82) is 0 Å². The summed E-state index contributed by atoms with van der Waals surface area (Å²) in [5, 5.41) is 2.92.